The van der Waals surface area contributed by atoms with Crippen LogP contribution in [-0.4, -0.2) is 43.2 Å². The van der Waals surface area contributed by atoms with Crippen LogP contribution in [0.5, 0.6) is 0 Å². The van der Waals surface area contributed by atoms with Gasteiger partial charge in [-0.3, -0.25) is 4.79 Å². The Morgan fingerprint density at radius 1 is 1.29 bits per heavy atom. The second-order valence-electron chi connectivity index (χ2n) is 5.45. The first kappa shape index (κ1) is 12.8. The van der Waals surface area contributed by atoms with E-state index in [9.17, 15) is 4.79 Å². The molecule has 1 amide bonds. The zero-order valence-electron chi connectivity index (χ0n) is 10.7. The van der Waals surface area contributed by atoms with Crippen LogP contribution in [0.15, 0.2) is 0 Å². The van der Waals surface area contributed by atoms with Gasteiger partial charge in [-0.1, -0.05) is 6.92 Å². The van der Waals surface area contributed by atoms with Crippen molar-refractivity contribution in [3.63, 3.8) is 0 Å². The summed E-state index contributed by atoms with van der Waals surface area (Å²) in [5.41, 5.74) is 5.95. The fourth-order valence-electron chi connectivity index (χ4n) is 3.01. The van der Waals surface area contributed by atoms with Gasteiger partial charge in [-0.2, -0.15) is 0 Å². The molecule has 98 valence electrons. The van der Waals surface area contributed by atoms with Gasteiger partial charge in [0, 0.05) is 31.7 Å². The van der Waals surface area contributed by atoms with Gasteiger partial charge in [0.1, 0.15) is 0 Å². The number of carbonyl (C=O) groups excluding carboxylic acids is 1. The molecule has 4 nitrogen and oxygen atoms in total. The standard InChI is InChI=1S/C13H24N2O2/c1-10-9-11(14)3-4-12(10)13(16)15-5-2-7-17-8-6-15/h10-12H,2-9,14H2,1H3. The Hall–Kier alpha value is -0.610. The first-order valence-corrected chi connectivity index (χ1v) is 6.80. The number of hydrogen-bond donors (Lipinski definition) is 1. The predicted molar refractivity (Wildman–Crippen MR) is 66.5 cm³/mol. The van der Waals surface area contributed by atoms with Gasteiger partial charge in [-0.25, -0.2) is 0 Å². The second kappa shape index (κ2) is 5.83. The molecule has 0 aromatic carbocycles. The lowest BCUT2D eigenvalue weighted by Crippen LogP contribution is -2.43. The second-order valence-corrected chi connectivity index (χ2v) is 5.45. The summed E-state index contributed by atoms with van der Waals surface area (Å²) in [6.07, 6.45) is 3.90. The first-order valence-electron chi connectivity index (χ1n) is 6.80. The molecule has 0 radical (unpaired) electrons. The third kappa shape index (κ3) is 3.19. The molecule has 1 heterocycles. The van der Waals surface area contributed by atoms with Crippen molar-refractivity contribution >= 4 is 5.91 Å². The molecule has 2 N–H and O–H groups in total. The number of hydrogen-bond acceptors (Lipinski definition) is 3. The summed E-state index contributed by atoms with van der Waals surface area (Å²) in [6.45, 7) is 5.25. The van der Waals surface area contributed by atoms with Crippen molar-refractivity contribution in [2.75, 3.05) is 26.3 Å². The van der Waals surface area contributed by atoms with Crippen LogP contribution in [0.2, 0.25) is 0 Å². The molecule has 1 saturated heterocycles. The Kier molecular flexibility index (Phi) is 4.40. The van der Waals surface area contributed by atoms with Gasteiger partial charge >= 0.3 is 0 Å². The average Bonchev–Trinajstić information content (AvgIpc) is 2.56. The van der Waals surface area contributed by atoms with E-state index in [2.05, 4.69) is 6.92 Å². The molecule has 0 spiro atoms. The number of carbonyl (C=O) groups is 1. The van der Waals surface area contributed by atoms with E-state index in [4.69, 9.17) is 10.5 Å². The summed E-state index contributed by atoms with van der Waals surface area (Å²) < 4.78 is 5.39. The number of amides is 1. The fourth-order valence-corrected chi connectivity index (χ4v) is 3.01. The predicted octanol–water partition coefficient (Wildman–Crippen LogP) is 0.999. The molecule has 0 bridgehead atoms. The maximum Gasteiger partial charge on any atom is 0.226 e. The highest BCUT2D eigenvalue weighted by Crippen LogP contribution is 2.30. The number of nitrogens with zero attached hydrogens (tertiary/aromatic N) is 1. The Balaban J connectivity index is 1.93. The summed E-state index contributed by atoms with van der Waals surface area (Å²) in [5, 5.41) is 0. The number of ether oxygens (including phenoxy) is 1. The van der Waals surface area contributed by atoms with Crippen LogP contribution in [0.3, 0.4) is 0 Å². The van der Waals surface area contributed by atoms with E-state index in [1.165, 1.54) is 0 Å². The zero-order valence-corrected chi connectivity index (χ0v) is 10.7. The largest absolute Gasteiger partial charge is 0.380 e. The summed E-state index contributed by atoms with van der Waals surface area (Å²) in [7, 11) is 0. The van der Waals surface area contributed by atoms with Gasteiger partial charge in [0.2, 0.25) is 5.91 Å². The Bertz CT molecular complexity index is 262. The lowest BCUT2D eigenvalue weighted by molar-refractivity contribution is -0.138. The van der Waals surface area contributed by atoms with Gasteiger partial charge in [0.05, 0.1) is 6.61 Å². The lowest BCUT2D eigenvalue weighted by atomic mass is 9.77. The van der Waals surface area contributed by atoms with Crippen LogP contribution in [0.25, 0.3) is 0 Å². The summed E-state index contributed by atoms with van der Waals surface area (Å²) >= 11 is 0. The topological polar surface area (TPSA) is 55.6 Å². The molecule has 0 aromatic rings. The van der Waals surface area contributed by atoms with E-state index < -0.39 is 0 Å². The quantitative estimate of drug-likeness (QED) is 0.744. The highest BCUT2D eigenvalue weighted by Gasteiger charge is 2.33. The number of nitrogens with two attached hydrogens (primary N) is 1. The Morgan fingerprint density at radius 2 is 2.12 bits per heavy atom. The minimum atomic E-state index is 0.188. The van der Waals surface area contributed by atoms with Crippen molar-refractivity contribution in [2.45, 2.75) is 38.6 Å². The maximum absolute atomic E-state index is 12.5. The molecule has 4 heteroatoms. The molecule has 17 heavy (non-hydrogen) atoms. The summed E-state index contributed by atoms with van der Waals surface area (Å²) in [5.74, 6) is 0.943. The average molecular weight is 240 g/mol. The molecule has 1 aliphatic heterocycles. The van der Waals surface area contributed by atoms with Gasteiger partial charge in [-0.15, -0.1) is 0 Å². The van der Waals surface area contributed by atoms with E-state index in [0.29, 0.717) is 24.5 Å². The van der Waals surface area contributed by atoms with Crippen molar-refractivity contribution in [1.82, 2.24) is 4.90 Å². The van der Waals surface area contributed by atoms with Crippen molar-refractivity contribution in [3.8, 4) is 0 Å². The third-order valence-electron chi connectivity index (χ3n) is 4.06. The van der Waals surface area contributed by atoms with Crippen LogP contribution in [0, 0.1) is 11.8 Å². The van der Waals surface area contributed by atoms with Crippen LogP contribution < -0.4 is 5.73 Å². The number of rotatable bonds is 1. The van der Waals surface area contributed by atoms with Gasteiger partial charge in [-0.05, 0) is 31.6 Å². The van der Waals surface area contributed by atoms with E-state index in [1.807, 2.05) is 4.90 Å². The minimum Gasteiger partial charge on any atom is -0.380 e. The van der Waals surface area contributed by atoms with Crippen molar-refractivity contribution in [3.05, 3.63) is 0 Å². The Labute approximate surface area is 103 Å². The fraction of sp³-hybridized carbons (Fsp3) is 0.923. The van der Waals surface area contributed by atoms with E-state index in [0.717, 1.165) is 45.4 Å². The molecule has 2 rings (SSSR count). The normalized spacial score (nSPS) is 35.4. The summed E-state index contributed by atoms with van der Waals surface area (Å²) in [4.78, 5) is 14.4. The molecule has 0 aromatic heterocycles. The Morgan fingerprint density at radius 3 is 2.88 bits per heavy atom. The van der Waals surface area contributed by atoms with Crippen LogP contribution in [-0.2, 0) is 9.53 Å². The first-order chi connectivity index (χ1) is 8.18. The SMILES string of the molecule is CC1CC(N)CCC1C(=O)N1CCCOCC1. The van der Waals surface area contributed by atoms with Crippen LogP contribution >= 0.6 is 0 Å². The van der Waals surface area contributed by atoms with Crippen molar-refractivity contribution in [1.29, 1.82) is 0 Å². The van der Waals surface area contributed by atoms with E-state index >= 15 is 0 Å². The van der Waals surface area contributed by atoms with E-state index in [-0.39, 0.29) is 5.92 Å². The van der Waals surface area contributed by atoms with Crippen molar-refractivity contribution in [2.24, 2.45) is 17.6 Å². The third-order valence-corrected chi connectivity index (χ3v) is 4.06. The highest BCUT2D eigenvalue weighted by atomic mass is 16.5. The molecular formula is C13H24N2O2. The van der Waals surface area contributed by atoms with Gasteiger partial charge in [0.15, 0.2) is 0 Å². The minimum absolute atomic E-state index is 0.188. The molecular weight excluding hydrogens is 216 g/mol. The lowest BCUT2D eigenvalue weighted by Gasteiger charge is -2.34. The smallest absolute Gasteiger partial charge is 0.226 e. The molecule has 3 atom stereocenters. The maximum atomic E-state index is 12.5. The molecule has 3 unspecified atom stereocenters. The van der Waals surface area contributed by atoms with Gasteiger partial charge in [0.25, 0.3) is 0 Å². The molecule has 1 aliphatic carbocycles. The highest BCUT2D eigenvalue weighted by molar-refractivity contribution is 5.79. The summed E-state index contributed by atoms with van der Waals surface area (Å²) in [6, 6.07) is 0.293. The van der Waals surface area contributed by atoms with E-state index in [1.54, 1.807) is 0 Å². The van der Waals surface area contributed by atoms with Crippen LogP contribution in [0.4, 0.5) is 0 Å². The molecule has 1 saturated carbocycles. The molecule has 2 fully saturated rings. The van der Waals surface area contributed by atoms with Crippen molar-refractivity contribution < 1.29 is 9.53 Å². The zero-order chi connectivity index (χ0) is 12.3. The monoisotopic (exact) mass is 240 g/mol. The van der Waals surface area contributed by atoms with Gasteiger partial charge < -0.3 is 15.4 Å². The van der Waals surface area contributed by atoms with Crippen LogP contribution in [0.1, 0.15) is 32.6 Å². The molecule has 2 aliphatic rings.